The molecule has 2 aromatic rings. The predicted octanol–water partition coefficient (Wildman–Crippen LogP) is 4.21. The Kier molecular flexibility index (Phi) is 6.66. The molecule has 8 heteroatoms. The van der Waals surface area contributed by atoms with Crippen molar-refractivity contribution < 1.29 is 27.5 Å². The second-order valence-corrected chi connectivity index (χ2v) is 6.08. The largest absolute Gasteiger partial charge is 0.452 e. The van der Waals surface area contributed by atoms with E-state index in [9.17, 15) is 22.8 Å². The lowest BCUT2D eigenvalue weighted by Crippen LogP contribution is -2.22. The number of carbonyl (C=O) groups is 2. The van der Waals surface area contributed by atoms with Crippen LogP contribution < -0.4 is 11.1 Å². The smallest absolute Gasteiger partial charge is 0.416 e. The normalized spacial score (nSPS) is 11.2. The first kappa shape index (κ1) is 21.3. The zero-order chi connectivity index (χ0) is 20.9. The lowest BCUT2D eigenvalue weighted by Gasteiger charge is -2.15. The fourth-order valence-corrected chi connectivity index (χ4v) is 2.71. The molecule has 0 aromatic heterocycles. The Labute approximate surface area is 160 Å². The number of benzene rings is 2. The second-order valence-electron chi connectivity index (χ2n) is 6.08. The van der Waals surface area contributed by atoms with E-state index in [0.29, 0.717) is 24.6 Å². The Bertz CT molecular complexity index is 857. The number of aryl methyl sites for hydroxylation is 2. The standard InChI is InChI=1S/C20H21F3N2O3/c1-3-12-6-5-7-13(4-2)18(12)25-17(26)11-28-19(27)15-9-8-14(10-16(15)24)20(21,22)23/h5-10H,3-4,11,24H2,1-2H3,(H,25,26). The number of nitrogen functional groups attached to an aromatic ring is 1. The van der Waals surface area contributed by atoms with Crippen molar-refractivity contribution in [3.05, 3.63) is 58.7 Å². The summed E-state index contributed by atoms with van der Waals surface area (Å²) in [5.74, 6) is -1.52. The number of halogens is 3. The fourth-order valence-electron chi connectivity index (χ4n) is 2.71. The maximum atomic E-state index is 12.7. The van der Waals surface area contributed by atoms with Crippen LogP contribution in [0.25, 0.3) is 0 Å². The summed E-state index contributed by atoms with van der Waals surface area (Å²) in [4.78, 5) is 24.3. The average Bonchev–Trinajstić information content (AvgIpc) is 2.65. The van der Waals surface area contributed by atoms with E-state index in [-0.39, 0.29) is 11.3 Å². The summed E-state index contributed by atoms with van der Waals surface area (Å²) in [5.41, 5.74) is 6.53. The van der Waals surface area contributed by atoms with Crippen molar-refractivity contribution in [2.75, 3.05) is 17.7 Å². The number of esters is 1. The topological polar surface area (TPSA) is 81.4 Å². The van der Waals surface area contributed by atoms with E-state index in [1.165, 1.54) is 0 Å². The van der Waals surface area contributed by atoms with Gasteiger partial charge in [0.15, 0.2) is 6.61 Å². The summed E-state index contributed by atoms with van der Waals surface area (Å²) in [5, 5.41) is 2.74. The number of rotatable bonds is 6. The summed E-state index contributed by atoms with van der Waals surface area (Å²) in [7, 11) is 0. The number of nitrogens with two attached hydrogens (primary N) is 1. The van der Waals surface area contributed by atoms with Crippen LogP contribution in [0, 0.1) is 0 Å². The number of para-hydroxylation sites is 1. The predicted molar refractivity (Wildman–Crippen MR) is 100.0 cm³/mol. The number of amides is 1. The van der Waals surface area contributed by atoms with Crippen LogP contribution >= 0.6 is 0 Å². The first-order valence-corrected chi connectivity index (χ1v) is 8.71. The van der Waals surface area contributed by atoms with Gasteiger partial charge in [-0.3, -0.25) is 4.79 Å². The average molecular weight is 394 g/mol. The highest BCUT2D eigenvalue weighted by atomic mass is 19.4. The Balaban J connectivity index is 2.05. The molecule has 0 aliphatic heterocycles. The molecule has 0 unspecified atom stereocenters. The molecule has 0 saturated carbocycles. The van der Waals surface area contributed by atoms with Crippen molar-refractivity contribution in [1.29, 1.82) is 0 Å². The molecular formula is C20H21F3N2O3. The van der Waals surface area contributed by atoms with Crippen LogP contribution in [0.3, 0.4) is 0 Å². The van der Waals surface area contributed by atoms with Crippen molar-refractivity contribution in [2.45, 2.75) is 32.9 Å². The van der Waals surface area contributed by atoms with Crippen molar-refractivity contribution in [1.82, 2.24) is 0 Å². The van der Waals surface area contributed by atoms with Gasteiger partial charge in [0.2, 0.25) is 0 Å². The zero-order valence-electron chi connectivity index (χ0n) is 15.5. The van der Waals surface area contributed by atoms with Crippen LogP contribution in [0.15, 0.2) is 36.4 Å². The van der Waals surface area contributed by atoms with Gasteiger partial charge < -0.3 is 15.8 Å². The molecule has 0 heterocycles. The monoisotopic (exact) mass is 394 g/mol. The van der Waals surface area contributed by atoms with Crippen LogP contribution in [-0.2, 0) is 28.5 Å². The molecule has 0 aliphatic carbocycles. The second kappa shape index (κ2) is 8.77. The van der Waals surface area contributed by atoms with E-state index in [2.05, 4.69) is 5.32 Å². The molecule has 0 radical (unpaired) electrons. The van der Waals surface area contributed by atoms with Crippen LogP contribution in [0.1, 0.15) is 40.9 Å². The van der Waals surface area contributed by atoms with E-state index in [1.54, 1.807) is 0 Å². The lowest BCUT2D eigenvalue weighted by molar-refractivity contribution is -0.137. The van der Waals surface area contributed by atoms with Gasteiger partial charge in [0, 0.05) is 11.4 Å². The van der Waals surface area contributed by atoms with Crippen LogP contribution in [-0.4, -0.2) is 18.5 Å². The first-order chi connectivity index (χ1) is 13.2. The number of nitrogens with one attached hydrogen (secondary N) is 1. The molecule has 0 bridgehead atoms. The van der Waals surface area contributed by atoms with E-state index in [4.69, 9.17) is 10.5 Å². The molecular weight excluding hydrogens is 373 g/mol. The Morgan fingerprint density at radius 2 is 1.68 bits per heavy atom. The van der Waals surface area contributed by atoms with Crippen molar-refractivity contribution in [3.63, 3.8) is 0 Å². The molecule has 2 rings (SSSR count). The minimum atomic E-state index is -4.57. The van der Waals surface area contributed by atoms with Crippen molar-refractivity contribution in [2.24, 2.45) is 0 Å². The van der Waals surface area contributed by atoms with E-state index in [0.717, 1.165) is 23.3 Å². The van der Waals surface area contributed by atoms with Crippen LogP contribution in [0.4, 0.5) is 24.5 Å². The van der Waals surface area contributed by atoms with Gasteiger partial charge in [0.25, 0.3) is 5.91 Å². The number of hydrogen-bond donors (Lipinski definition) is 2. The number of carbonyl (C=O) groups excluding carboxylic acids is 2. The molecule has 2 aromatic carbocycles. The van der Waals surface area contributed by atoms with E-state index < -0.39 is 30.2 Å². The summed E-state index contributed by atoms with van der Waals surface area (Å²) >= 11 is 0. The minimum absolute atomic E-state index is 0.232. The third kappa shape index (κ3) is 5.03. The molecule has 0 spiro atoms. The fraction of sp³-hybridized carbons (Fsp3) is 0.300. The zero-order valence-corrected chi connectivity index (χ0v) is 15.5. The SMILES string of the molecule is CCc1cccc(CC)c1NC(=O)COC(=O)c1ccc(C(F)(F)F)cc1N. The van der Waals surface area contributed by atoms with Gasteiger partial charge in [-0.2, -0.15) is 13.2 Å². The molecule has 1 amide bonds. The van der Waals surface area contributed by atoms with Gasteiger partial charge >= 0.3 is 12.1 Å². The van der Waals surface area contributed by atoms with Gasteiger partial charge in [-0.15, -0.1) is 0 Å². The quantitative estimate of drug-likeness (QED) is 0.568. The van der Waals surface area contributed by atoms with Crippen molar-refractivity contribution in [3.8, 4) is 0 Å². The van der Waals surface area contributed by atoms with Gasteiger partial charge in [0.1, 0.15) is 0 Å². The first-order valence-electron chi connectivity index (χ1n) is 8.71. The number of anilines is 2. The van der Waals surface area contributed by atoms with Gasteiger partial charge in [-0.25, -0.2) is 4.79 Å². The van der Waals surface area contributed by atoms with E-state index >= 15 is 0 Å². The van der Waals surface area contributed by atoms with Crippen molar-refractivity contribution >= 4 is 23.3 Å². The summed E-state index contributed by atoms with van der Waals surface area (Å²) < 4.78 is 42.9. The molecule has 0 aliphatic rings. The molecule has 28 heavy (non-hydrogen) atoms. The molecule has 0 atom stereocenters. The number of ether oxygens (including phenoxy) is 1. The number of alkyl halides is 3. The third-order valence-corrected chi connectivity index (χ3v) is 4.20. The third-order valence-electron chi connectivity index (χ3n) is 4.20. The van der Waals surface area contributed by atoms with E-state index in [1.807, 2.05) is 32.0 Å². The highest BCUT2D eigenvalue weighted by Gasteiger charge is 2.31. The van der Waals surface area contributed by atoms with Gasteiger partial charge in [0.05, 0.1) is 11.1 Å². The summed E-state index contributed by atoms with van der Waals surface area (Å²) in [6.07, 6.45) is -3.14. The Morgan fingerprint density at radius 1 is 1.07 bits per heavy atom. The Morgan fingerprint density at radius 3 is 2.18 bits per heavy atom. The Hall–Kier alpha value is -3.03. The lowest BCUT2D eigenvalue weighted by atomic mass is 10.0. The number of hydrogen-bond acceptors (Lipinski definition) is 4. The molecule has 0 saturated heterocycles. The maximum absolute atomic E-state index is 12.7. The highest BCUT2D eigenvalue weighted by molar-refractivity contribution is 5.98. The minimum Gasteiger partial charge on any atom is -0.452 e. The highest BCUT2D eigenvalue weighted by Crippen LogP contribution is 2.31. The molecule has 5 nitrogen and oxygen atoms in total. The molecule has 150 valence electrons. The summed E-state index contributed by atoms with van der Waals surface area (Å²) in [6, 6.07) is 8.01. The van der Waals surface area contributed by atoms with Crippen LogP contribution in [0.2, 0.25) is 0 Å². The maximum Gasteiger partial charge on any atom is 0.416 e. The molecule has 0 fully saturated rings. The van der Waals surface area contributed by atoms with Crippen LogP contribution in [0.5, 0.6) is 0 Å². The summed E-state index contributed by atoms with van der Waals surface area (Å²) in [6.45, 7) is 3.33. The molecule has 3 N–H and O–H groups in total. The van der Waals surface area contributed by atoms with Gasteiger partial charge in [-0.05, 0) is 42.2 Å². The van der Waals surface area contributed by atoms with Gasteiger partial charge in [-0.1, -0.05) is 32.0 Å².